The average molecular weight is 289 g/mol. The van der Waals surface area contributed by atoms with Crippen molar-refractivity contribution in [2.75, 3.05) is 12.4 Å². The molecule has 20 heavy (non-hydrogen) atoms. The van der Waals surface area contributed by atoms with Crippen LogP contribution < -0.4 is 0 Å². The lowest BCUT2D eigenvalue weighted by Crippen LogP contribution is -2.07. The fraction of sp³-hybridized carbons (Fsp3) is 0.250. The van der Waals surface area contributed by atoms with E-state index in [2.05, 4.69) is 20.5 Å². The maximum atomic E-state index is 11.4. The number of tetrazole rings is 1. The molecule has 0 fully saturated rings. The number of hydrogen-bond acceptors (Lipinski definition) is 7. The molecule has 2 aromatic heterocycles. The van der Waals surface area contributed by atoms with Gasteiger partial charge in [-0.3, -0.25) is 4.79 Å². The summed E-state index contributed by atoms with van der Waals surface area (Å²) in [5, 5.41) is 12.2. The number of para-hydroxylation sites is 2. The molecule has 0 unspecified atom stereocenters. The number of carbonyl (C=O) groups is 1. The second-order valence-corrected chi connectivity index (χ2v) is 4.88. The minimum atomic E-state index is -0.280. The van der Waals surface area contributed by atoms with Crippen LogP contribution in [0.15, 0.2) is 29.3 Å². The maximum absolute atomic E-state index is 11.4. The Kier molecular flexibility index (Phi) is 3.46. The SMILES string of the molecule is CCOC(=O)CSc1nc2ccccc2n2nnnc12. The fourth-order valence-electron chi connectivity index (χ4n) is 1.81. The number of nitrogens with zero attached hydrogens (tertiary/aromatic N) is 5. The Labute approximate surface area is 118 Å². The molecule has 3 rings (SSSR count). The van der Waals surface area contributed by atoms with Gasteiger partial charge in [0.05, 0.1) is 23.4 Å². The first-order valence-electron chi connectivity index (χ1n) is 6.05. The molecular weight excluding hydrogens is 278 g/mol. The molecule has 0 aliphatic heterocycles. The molecule has 102 valence electrons. The lowest BCUT2D eigenvalue weighted by molar-refractivity contribution is -0.139. The van der Waals surface area contributed by atoms with Gasteiger partial charge in [-0.1, -0.05) is 23.9 Å². The van der Waals surface area contributed by atoms with Crippen LogP contribution in [0.25, 0.3) is 16.7 Å². The van der Waals surface area contributed by atoms with Gasteiger partial charge in [0, 0.05) is 0 Å². The van der Waals surface area contributed by atoms with Gasteiger partial charge in [0.25, 0.3) is 0 Å². The molecule has 0 saturated heterocycles. The standard InChI is InChI=1S/C12H11N5O2S/c1-2-19-10(18)7-20-12-11-14-15-16-17(11)9-6-4-3-5-8(9)13-12/h3-6H,2,7H2,1H3. The second-order valence-electron chi connectivity index (χ2n) is 3.91. The monoisotopic (exact) mass is 289 g/mol. The van der Waals surface area contributed by atoms with Gasteiger partial charge >= 0.3 is 5.97 Å². The molecule has 0 N–H and O–H groups in total. The number of benzene rings is 1. The maximum Gasteiger partial charge on any atom is 0.316 e. The average Bonchev–Trinajstić information content (AvgIpc) is 2.95. The number of thioether (sulfide) groups is 1. The molecule has 0 saturated carbocycles. The quantitative estimate of drug-likeness (QED) is 0.529. The largest absolute Gasteiger partial charge is 0.465 e. The van der Waals surface area contributed by atoms with E-state index in [0.29, 0.717) is 17.3 Å². The molecule has 0 aliphatic rings. The van der Waals surface area contributed by atoms with Crippen molar-refractivity contribution in [1.29, 1.82) is 0 Å². The van der Waals surface area contributed by atoms with Crippen LogP contribution in [0.3, 0.4) is 0 Å². The number of ether oxygens (including phenoxy) is 1. The van der Waals surface area contributed by atoms with Crippen molar-refractivity contribution in [3.8, 4) is 0 Å². The van der Waals surface area contributed by atoms with Crippen molar-refractivity contribution in [2.24, 2.45) is 0 Å². The summed E-state index contributed by atoms with van der Waals surface area (Å²) in [7, 11) is 0. The Balaban J connectivity index is 2.00. The molecular formula is C12H11N5O2S. The molecule has 3 aromatic rings. The van der Waals surface area contributed by atoms with Crippen molar-refractivity contribution in [1.82, 2.24) is 25.0 Å². The van der Waals surface area contributed by atoms with E-state index in [1.807, 2.05) is 24.3 Å². The van der Waals surface area contributed by atoms with E-state index in [0.717, 1.165) is 11.0 Å². The van der Waals surface area contributed by atoms with E-state index in [4.69, 9.17) is 4.74 Å². The first-order valence-corrected chi connectivity index (χ1v) is 7.03. The Morgan fingerprint density at radius 1 is 1.40 bits per heavy atom. The highest BCUT2D eigenvalue weighted by molar-refractivity contribution is 8.00. The van der Waals surface area contributed by atoms with E-state index in [1.165, 1.54) is 11.8 Å². The van der Waals surface area contributed by atoms with Gasteiger partial charge in [0.1, 0.15) is 5.03 Å². The van der Waals surface area contributed by atoms with Gasteiger partial charge in [0.2, 0.25) is 5.65 Å². The summed E-state index contributed by atoms with van der Waals surface area (Å²) in [6.07, 6.45) is 0. The minimum absolute atomic E-state index is 0.182. The third-order valence-corrected chi connectivity index (χ3v) is 3.55. The summed E-state index contributed by atoms with van der Waals surface area (Å²) in [6, 6.07) is 7.57. The summed E-state index contributed by atoms with van der Waals surface area (Å²) >= 11 is 1.27. The van der Waals surface area contributed by atoms with E-state index < -0.39 is 0 Å². The van der Waals surface area contributed by atoms with Crippen LogP contribution in [0.5, 0.6) is 0 Å². The number of carbonyl (C=O) groups excluding carboxylic acids is 1. The van der Waals surface area contributed by atoms with E-state index >= 15 is 0 Å². The highest BCUT2D eigenvalue weighted by Gasteiger charge is 2.13. The number of aromatic nitrogens is 5. The summed E-state index contributed by atoms with van der Waals surface area (Å²) in [4.78, 5) is 15.9. The predicted molar refractivity (Wildman–Crippen MR) is 73.4 cm³/mol. The van der Waals surface area contributed by atoms with Crippen molar-refractivity contribution in [3.05, 3.63) is 24.3 Å². The van der Waals surface area contributed by atoms with Gasteiger partial charge < -0.3 is 4.74 Å². The van der Waals surface area contributed by atoms with E-state index in [1.54, 1.807) is 11.4 Å². The van der Waals surface area contributed by atoms with Gasteiger partial charge in [0.15, 0.2) is 0 Å². The first kappa shape index (κ1) is 12.8. The summed E-state index contributed by atoms with van der Waals surface area (Å²) in [5.74, 6) is -0.0973. The van der Waals surface area contributed by atoms with Crippen LogP contribution in [0.4, 0.5) is 0 Å². The van der Waals surface area contributed by atoms with Crippen LogP contribution in [0.1, 0.15) is 6.92 Å². The molecule has 1 aromatic carbocycles. The predicted octanol–water partition coefficient (Wildman–Crippen LogP) is 1.33. The normalized spacial score (nSPS) is 11.1. The molecule has 0 aliphatic carbocycles. The summed E-state index contributed by atoms with van der Waals surface area (Å²) in [6.45, 7) is 2.14. The van der Waals surface area contributed by atoms with Crippen molar-refractivity contribution in [2.45, 2.75) is 11.9 Å². The van der Waals surface area contributed by atoms with Crippen molar-refractivity contribution < 1.29 is 9.53 Å². The Bertz CT molecular complexity index is 773. The zero-order valence-corrected chi connectivity index (χ0v) is 11.5. The summed E-state index contributed by atoms with van der Waals surface area (Å²) in [5.41, 5.74) is 2.14. The van der Waals surface area contributed by atoms with Gasteiger partial charge in [-0.15, -0.1) is 5.10 Å². The van der Waals surface area contributed by atoms with Crippen LogP contribution in [-0.2, 0) is 9.53 Å². The van der Waals surface area contributed by atoms with Crippen molar-refractivity contribution in [3.63, 3.8) is 0 Å². The number of rotatable bonds is 4. The number of fused-ring (bicyclic) bond motifs is 3. The molecule has 0 radical (unpaired) electrons. The molecule has 0 spiro atoms. The molecule has 0 bridgehead atoms. The lowest BCUT2D eigenvalue weighted by Gasteiger charge is -2.04. The first-order chi connectivity index (χ1) is 9.79. The van der Waals surface area contributed by atoms with Crippen LogP contribution in [0, 0.1) is 0 Å². The van der Waals surface area contributed by atoms with Gasteiger partial charge in [-0.25, -0.2) is 4.98 Å². The fourth-order valence-corrected chi connectivity index (χ4v) is 2.56. The smallest absolute Gasteiger partial charge is 0.316 e. The number of esters is 1. The highest BCUT2D eigenvalue weighted by Crippen LogP contribution is 2.23. The van der Waals surface area contributed by atoms with Crippen molar-refractivity contribution >= 4 is 34.4 Å². The van der Waals surface area contributed by atoms with Crippen LogP contribution in [0.2, 0.25) is 0 Å². The molecule has 0 atom stereocenters. The lowest BCUT2D eigenvalue weighted by atomic mass is 10.3. The Morgan fingerprint density at radius 2 is 2.25 bits per heavy atom. The Morgan fingerprint density at radius 3 is 3.10 bits per heavy atom. The third kappa shape index (κ3) is 2.29. The molecule has 0 amide bonds. The van der Waals surface area contributed by atoms with Gasteiger partial charge in [-0.2, -0.15) is 4.52 Å². The minimum Gasteiger partial charge on any atom is -0.465 e. The summed E-state index contributed by atoms with van der Waals surface area (Å²) < 4.78 is 6.52. The third-order valence-electron chi connectivity index (χ3n) is 2.62. The van der Waals surface area contributed by atoms with Crippen LogP contribution >= 0.6 is 11.8 Å². The molecule has 2 heterocycles. The van der Waals surface area contributed by atoms with E-state index in [9.17, 15) is 4.79 Å². The van der Waals surface area contributed by atoms with Crippen LogP contribution in [-0.4, -0.2) is 43.4 Å². The molecule has 7 nitrogen and oxygen atoms in total. The Hall–Kier alpha value is -2.22. The highest BCUT2D eigenvalue weighted by atomic mass is 32.2. The van der Waals surface area contributed by atoms with E-state index in [-0.39, 0.29) is 11.7 Å². The number of hydrogen-bond donors (Lipinski definition) is 0. The topological polar surface area (TPSA) is 82.3 Å². The zero-order valence-electron chi connectivity index (χ0n) is 10.7. The zero-order chi connectivity index (χ0) is 13.9. The second kappa shape index (κ2) is 5.41. The van der Waals surface area contributed by atoms with Gasteiger partial charge in [-0.05, 0) is 29.5 Å². The molecule has 8 heteroatoms.